The minimum Gasteiger partial charge on any atom is -0.293 e. The summed E-state index contributed by atoms with van der Waals surface area (Å²) >= 11 is 1.57. The average molecular weight is 194 g/mol. The van der Waals surface area contributed by atoms with Gasteiger partial charge in [0.2, 0.25) is 0 Å². The third-order valence-electron chi connectivity index (χ3n) is 2.04. The topological polar surface area (TPSA) is 34.4 Å². The lowest BCUT2D eigenvalue weighted by Crippen LogP contribution is -2.00. The van der Waals surface area contributed by atoms with Crippen LogP contribution in [0.25, 0.3) is 4.96 Å². The number of hydrogen-bond donors (Lipinski definition) is 0. The number of thiazole rings is 1. The summed E-state index contributed by atoms with van der Waals surface area (Å²) in [6.07, 6.45) is 0. The number of ketones is 1. The number of aromatic nitrogens is 2. The molecule has 3 nitrogen and oxygen atoms in total. The Hall–Kier alpha value is -1.16. The summed E-state index contributed by atoms with van der Waals surface area (Å²) in [7, 11) is 0. The van der Waals surface area contributed by atoms with Crippen molar-refractivity contribution in [2.75, 3.05) is 0 Å². The molecule has 0 aliphatic carbocycles. The van der Waals surface area contributed by atoms with Crippen molar-refractivity contribution in [1.82, 2.24) is 9.38 Å². The fourth-order valence-electron chi connectivity index (χ4n) is 1.51. The van der Waals surface area contributed by atoms with Crippen molar-refractivity contribution in [2.45, 2.75) is 20.8 Å². The highest BCUT2D eigenvalue weighted by Gasteiger charge is 2.14. The molecule has 0 bridgehead atoms. The van der Waals surface area contributed by atoms with Gasteiger partial charge in [0.25, 0.3) is 0 Å². The van der Waals surface area contributed by atoms with Crippen molar-refractivity contribution < 1.29 is 4.79 Å². The molecule has 0 saturated heterocycles. The normalized spacial score (nSPS) is 11.0. The van der Waals surface area contributed by atoms with E-state index in [1.54, 1.807) is 18.3 Å². The van der Waals surface area contributed by atoms with Crippen LogP contribution in [0.3, 0.4) is 0 Å². The average Bonchev–Trinajstić information content (AvgIpc) is 2.51. The number of imidazole rings is 1. The summed E-state index contributed by atoms with van der Waals surface area (Å²) in [5, 5.41) is 2.01. The fraction of sp³-hybridized carbons (Fsp3) is 0.333. The highest BCUT2D eigenvalue weighted by atomic mass is 32.1. The Bertz CT molecular complexity index is 481. The van der Waals surface area contributed by atoms with Crippen molar-refractivity contribution in [3.63, 3.8) is 0 Å². The molecule has 0 aromatic carbocycles. The van der Waals surface area contributed by atoms with Gasteiger partial charge in [0.15, 0.2) is 10.7 Å². The molecule has 2 rings (SSSR count). The van der Waals surface area contributed by atoms with Crippen LogP contribution in [0.1, 0.15) is 28.8 Å². The Kier molecular flexibility index (Phi) is 1.73. The molecule has 0 radical (unpaired) electrons. The number of hydrogen-bond acceptors (Lipinski definition) is 3. The Morgan fingerprint density at radius 1 is 1.54 bits per heavy atom. The molecule has 68 valence electrons. The van der Waals surface area contributed by atoms with E-state index >= 15 is 0 Å². The monoisotopic (exact) mass is 194 g/mol. The minimum absolute atomic E-state index is 0.0755. The molecular weight excluding hydrogens is 184 g/mol. The highest BCUT2D eigenvalue weighted by Crippen LogP contribution is 2.20. The van der Waals surface area contributed by atoms with Crippen LogP contribution < -0.4 is 0 Å². The van der Waals surface area contributed by atoms with Gasteiger partial charge in [0.1, 0.15) is 5.69 Å². The van der Waals surface area contributed by atoms with Crippen LogP contribution in [0.15, 0.2) is 5.38 Å². The molecule has 0 spiro atoms. The molecule has 2 heterocycles. The van der Waals surface area contributed by atoms with E-state index in [9.17, 15) is 4.79 Å². The van der Waals surface area contributed by atoms with E-state index in [2.05, 4.69) is 4.98 Å². The molecule has 13 heavy (non-hydrogen) atoms. The van der Waals surface area contributed by atoms with E-state index in [-0.39, 0.29) is 5.78 Å². The first kappa shape index (κ1) is 8.44. The zero-order valence-corrected chi connectivity index (χ0v) is 8.60. The predicted molar refractivity (Wildman–Crippen MR) is 52.5 cm³/mol. The molecule has 0 N–H and O–H groups in total. The summed E-state index contributed by atoms with van der Waals surface area (Å²) in [6, 6.07) is 0. The van der Waals surface area contributed by atoms with Crippen LogP contribution in [0.5, 0.6) is 0 Å². The van der Waals surface area contributed by atoms with E-state index < -0.39 is 0 Å². The third kappa shape index (κ3) is 1.09. The van der Waals surface area contributed by atoms with Crippen molar-refractivity contribution in [3.8, 4) is 0 Å². The van der Waals surface area contributed by atoms with Crippen molar-refractivity contribution in [3.05, 3.63) is 22.5 Å². The first-order valence-corrected chi connectivity index (χ1v) is 4.93. The maximum atomic E-state index is 11.3. The molecule has 0 saturated carbocycles. The Morgan fingerprint density at radius 3 is 2.85 bits per heavy atom. The van der Waals surface area contributed by atoms with Crippen LogP contribution >= 0.6 is 11.3 Å². The van der Waals surface area contributed by atoms with Gasteiger partial charge in [0.05, 0.1) is 5.69 Å². The molecule has 0 atom stereocenters. The Balaban J connectivity index is 2.90. The summed E-state index contributed by atoms with van der Waals surface area (Å²) in [5.74, 6) is 0.0755. The molecular formula is C9H10N2OS. The van der Waals surface area contributed by atoms with Crippen molar-refractivity contribution >= 4 is 22.1 Å². The van der Waals surface area contributed by atoms with Crippen LogP contribution in [0, 0.1) is 13.8 Å². The first-order chi connectivity index (χ1) is 6.11. The second kappa shape index (κ2) is 2.67. The van der Waals surface area contributed by atoms with Crippen molar-refractivity contribution in [1.29, 1.82) is 0 Å². The van der Waals surface area contributed by atoms with E-state index in [1.807, 2.05) is 23.6 Å². The predicted octanol–water partition coefficient (Wildman–Crippen LogP) is 2.22. The zero-order chi connectivity index (χ0) is 9.59. The second-order valence-corrected chi connectivity index (χ2v) is 3.93. The maximum Gasteiger partial charge on any atom is 0.194 e. The number of aryl methyl sites for hydroxylation is 2. The standard InChI is InChI=1S/C9H10N2OS/c1-5-4-13-9-10-6(2)8(7(3)12)11(5)9/h4H,1-3H3. The summed E-state index contributed by atoms with van der Waals surface area (Å²) in [5.41, 5.74) is 2.61. The van der Waals surface area contributed by atoms with Gasteiger partial charge in [0, 0.05) is 18.0 Å². The van der Waals surface area contributed by atoms with Gasteiger partial charge in [-0.1, -0.05) is 0 Å². The number of nitrogens with zero attached hydrogens (tertiary/aromatic N) is 2. The third-order valence-corrected chi connectivity index (χ3v) is 2.99. The number of carbonyl (C=O) groups is 1. The zero-order valence-electron chi connectivity index (χ0n) is 7.79. The molecule has 2 aromatic heterocycles. The number of fused-ring (bicyclic) bond motifs is 1. The van der Waals surface area contributed by atoms with Gasteiger partial charge in [-0.05, 0) is 13.8 Å². The van der Waals surface area contributed by atoms with Gasteiger partial charge < -0.3 is 0 Å². The largest absolute Gasteiger partial charge is 0.293 e. The first-order valence-electron chi connectivity index (χ1n) is 4.05. The molecule has 2 aromatic rings. The molecule has 0 fully saturated rings. The maximum absolute atomic E-state index is 11.3. The minimum atomic E-state index is 0.0755. The SMILES string of the molecule is CC(=O)c1c(C)nc2scc(C)n12. The van der Waals surface area contributed by atoms with E-state index in [4.69, 9.17) is 0 Å². The van der Waals surface area contributed by atoms with Crippen LogP contribution in [0.4, 0.5) is 0 Å². The van der Waals surface area contributed by atoms with Crippen LogP contribution in [-0.4, -0.2) is 15.2 Å². The molecule has 0 amide bonds. The van der Waals surface area contributed by atoms with Gasteiger partial charge in [-0.25, -0.2) is 4.98 Å². The molecule has 4 heteroatoms. The van der Waals surface area contributed by atoms with Gasteiger partial charge >= 0.3 is 0 Å². The van der Waals surface area contributed by atoms with Crippen molar-refractivity contribution in [2.24, 2.45) is 0 Å². The summed E-state index contributed by atoms with van der Waals surface area (Å²) in [4.78, 5) is 16.6. The van der Waals surface area contributed by atoms with Gasteiger partial charge in [-0.2, -0.15) is 0 Å². The van der Waals surface area contributed by atoms with Gasteiger partial charge in [-0.3, -0.25) is 9.20 Å². The smallest absolute Gasteiger partial charge is 0.194 e. The quantitative estimate of drug-likeness (QED) is 0.652. The Labute approximate surface area is 80.0 Å². The lowest BCUT2D eigenvalue weighted by Gasteiger charge is -1.96. The van der Waals surface area contributed by atoms with E-state index in [1.165, 1.54) is 0 Å². The Morgan fingerprint density at radius 2 is 2.23 bits per heavy atom. The lowest BCUT2D eigenvalue weighted by atomic mass is 10.2. The molecule has 0 unspecified atom stereocenters. The number of Topliss-reactive ketones (excluding diaryl/α,β-unsaturated/α-hetero) is 1. The fourth-order valence-corrected chi connectivity index (χ4v) is 2.42. The summed E-state index contributed by atoms with van der Waals surface area (Å²) in [6.45, 7) is 5.43. The molecule has 0 aliphatic heterocycles. The highest BCUT2D eigenvalue weighted by molar-refractivity contribution is 7.15. The van der Waals surface area contributed by atoms with E-state index in [0.29, 0.717) is 5.69 Å². The lowest BCUT2D eigenvalue weighted by molar-refractivity contribution is 0.101. The van der Waals surface area contributed by atoms with Gasteiger partial charge in [-0.15, -0.1) is 11.3 Å². The number of carbonyl (C=O) groups excluding carboxylic acids is 1. The summed E-state index contributed by atoms with van der Waals surface area (Å²) < 4.78 is 1.92. The number of rotatable bonds is 1. The van der Waals surface area contributed by atoms with E-state index in [0.717, 1.165) is 16.3 Å². The second-order valence-electron chi connectivity index (χ2n) is 3.10. The van der Waals surface area contributed by atoms with Crippen LogP contribution in [0.2, 0.25) is 0 Å². The molecule has 0 aliphatic rings. The van der Waals surface area contributed by atoms with Crippen LogP contribution in [-0.2, 0) is 0 Å².